The van der Waals surface area contributed by atoms with Crippen LogP contribution in [0.5, 0.6) is 0 Å². The number of halogens is 2. The summed E-state index contributed by atoms with van der Waals surface area (Å²) in [6, 6.07) is 9.37. The molecular formula is C17H25Cl2N3. The van der Waals surface area contributed by atoms with Gasteiger partial charge in [-0.05, 0) is 42.5 Å². The number of fused-ring (bicyclic) bond motifs is 1. The zero-order valence-corrected chi connectivity index (χ0v) is 14.6. The fourth-order valence-corrected chi connectivity index (χ4v) is 3.06. The van der Waals surface area contributed by atoms with Crippen molar-refractivity contribution in [1.29, 1.82) is 0 Å². The third-order valence-electron chi connectivity index (χ3n) is 4.10. The maximum Gasteiger partial charge on any atom is 0.0454 e. The zero-order chi connectivity index (χ0) is 13.9. The third kappa shape index (κ3) is 4.26. The van der Waals surface area contributed by atoms with Gasteiger partial charge in [0.15, 0.2) is 0 Å². The van der Waals surface area contributed by atoms with E-state index in [0.29, 0.717) is 6.04 Å². The van der Waals surface area contributed by atoms with E-state index in [-0.39, 0.29) is 24.8 Å². The van der Waals surface area contributed by atoms with Crippen LogP contribution in [0, 0.1) is 0 Å². The van der Waals surface area contributed by atoms with Gasteiger partial charge in [0.2, 0.25) is 0 Å². The predicted molar refractivity (Wildman–Crippen MR) is 99.4 cm³/mol. The van der Waals surface area contributed by atoms with Gasteiger partial charge in [-0.2, -0.15) is 0 Å². The molecule has 1 aliphatic heterocycles. The SMILES string of the molecule is C=C(C)C[C@H](c1ccc2[nH]ccc2c1)N1CCNCC1.Cl.Cl. The van der Waals surface area contributed by atoms with Crippen LogP contribution in [-0.2, 0) is 0 Å². The lowest BCUT2D eigenvalue weighted by Crippen LogP contribution is -2.45. The Kier molecular flexibility index (Phi) is 7.43. The van der Waals surface area contributed by atoms with Crippen molar-refractivity contribution < 1.29 is 0 Å². The molecule has 3 rings (SSSR count). The first-order valence-corrected chi connectivity index (χ1v) is 7.40. The quantitative estimate of drug-likeness (QED) is 0.825. The monoisotopic (exact) mass is 341 g/mol. The van der Waals surface area contributed by atoms with Crippen LogP contribution in [0.15, 0.2) is 42.6 Å². The van der Waals surface area contributed by atoms with Gasteiger partial charge < -0.3 is 10.3 Å². The molecule has 2 N–H and O–H groups in total. The molecule has 5 heteroatoms. The molecule has 1 fully saturated rings. The molecule has 0 radical (unpaired) electrons. The lowest BCUT2D eigenvalue weighted by molar-refractivity contribution is 0.172. The van der Waals surface area contributed by atoms with Crippen molar-refractivity contribution in [2.75, 3.05) is 26.2 Å². The van der Waals surface area contributed by atoms with Crippen molar-refractivity contribution >= 4 is 35.7 Å². The molecule has 0 spiro atoms. The van der Waals surface area contributed by atoms with Crippen LogP contribution >= 0.6 is 24.8 Å². The van der Waals surface area contributed by atoms with Gasteiger partial charge in [-0.15, -0.1) is 31.4 Å². The molecule has 1 atom stereocenters. The van der Waals surface area contributed by atoms with Crippen molar-refractivity contribution in [3.05, 3.63) is 48.2 Å². The Morgan fingerprint density at radius 3 is 2.64 bits per heavy atom. The van der Waals surface area contributed by atoms with Crippen molar-refractivity contribution in [3.8, 4) is 0 Å². The molecule has 1 aromatic carbocycles. The van der Waals surface area contributed by atoms with Gasteiger partial charge in [0.1, 0.15) is 0 Å². The largest absolute Gasteiger partial charge is 0.361 e. The molecule has 1 aliphatic rings. The van der Waals surface area contributed by atoms with Crippen molar-refractivity contribution in [3.63, 3.8) is 0 Å². The minimum absolute atomic E-state index is 0. The minimum Gasteiger partial charge on any atom is -0.361 e. The Labute approximate surface area is 145 Å². The highest BCUT2D eigenvalue weighted by Crippen LogP contribution is 2.29. The topological polar surface area (TPSA) is 31.1 Å². The number of H-pyrrole nitrogens is 1. The summed E-state index contributed by atoms with van der Waals surface area (Å²) in [5, 5.41) is 4.73. The standard InChI is InChI=1S/C17H23N3.2ClH/c1-13(2)11-17(20-9-7-18-8-10-20)15-3-4-16-14(12-15)5-6-19-16;;/h3-6,12,17-19H,1,7-11H2,2H3;2*1H/t17-;;/m1../s1. The Morgan fingerprint density at radius 2 is 1.95 bits per heavy atom. The summed E-state index contributed by atoms with van der Waals surface area (Å²) in [5.74, 6) is 0. The van der Waals surface area contributed by atoms with E-state index in [1.165, 1.54) is 22.0 Å². The number of hydrogen-bond donors (Lipinski definition) is 2. The fourth-order valence-electron chi connectivity index (χ4n) is 3.06. The van der Waals surface area contributed by atoms with Gasteiger partial charge in [-0.25, -0.2) is 0 Å². The lowest BCUT2D eigenvalue weighted by atomic mass is 9.97. The smallest absolute Gasteiger partial charge is 0.0454 e. The number of aromatic nitrogens is 1. The van der Waals surface area contributed by atoms with Crippen LogP contribution in [0.2, 0.25) is 0 Å². The van der Waals surface area contributed by atoms with Gasteiger partial charge in [-0.1, -0.05) is 11.6 Å². The molecule has 1 saturated heterocycles. The molecule has 122 valence electrons. The number of hydrogen-bond acceptors (Lipinski definition) is 2. The number of aromatic amines is 1. The van der Waals surface area contributed by atoms with E-state index in [1.54, 1.807) is 0 Å². The molecule has 2 aromatic rings. The van der Waals surface area contributed by atoms with Crippen LogP contribution in [-0.4, -0.2) is 36.1 Å². The highest BCUT2D eigenvalue weighted by atomic mass is 35.5. The Hall–Kier alpha value is -1.000. The first-order chi connectivity index (χ1) is 9.74. The van der Waals surface area contributed by atoms with Crippen LogP contribution in [0.25, 0.3) is 10.9 Å². The minimum atomic E-state index is 0. The first-order valence-electron chi connectivity index (χ1n) is 7.40. The molecule has 3 nitrogen and oxygen atoms in total. The highest BCUT2D eigenvalue weighted by Gasteiger charge is 2.22. The maximum absolute atomic E-state index is 4.12. The summed E-state index contributed by atoms with van der Waals surface area (Å²) >= 11 is 0. The highest BCUT2D eigenvalue weighted by molar-refractivity contribution is 5.85. The summed E-state index contributed by atoms with van der Waals surface area (Å²) in [7, 11) is 0. The second-order valence-electron chi connectivity index (χ2n) is 5.79. The van der Waals surface area contributed by atoms with Gasteiger partial charge in [0, 0.05) is 43.9 Å². The Bertz CT molecular complexity index is 603. The molecule has 0 aliphatic carbocycles. The summed E-state index contributed by atoms with van der Waals surface area (Å²) in [4.78, 5) is 5.85. The molecule has 0 saturated carbocycles. The average molecular weight is 342 g/mol. The zero-order valence-electron chi connectivity index (χ0n) is 13.0. The van der Waals surface area contributed by atoms with E-state index >= 15 is 0 Å². The summed E-state index contributed by atoms with van der Waals surface area (Å²) < 4.78 is 0. The van der Waals surface area contributed by atoms with Gasteiger partial charge in [0.25, 0.3) is 0 Å². The molecule has 0 amide bonds. The van der Waals surface area contributed by atoms with Crippen LogP contribution < -0.4 is 5.32 Å². The Morgan fingerprint density at radius 1 is 1.23 bits per heavy atom. The predicted octanol–water partition coefficient (Wildman–Crippen LogP) is 3.92. The first kappa shape index (κ1) is 19.0. The van der Waals surface area contributed by atoms with E-state index in [9.17, 15) is 0 Å². The molecule has 22 heavy (non-hydrogen) atoms. The van der Waals surface area contributed by atoms with E-state index in [4.69, 9.17) is 0 Å². The summed E-state index contributed by atoms with van der Waals surface area (Å²) in [6.45, 7) is 10.6. The number of rotatable bonds is 4. The lowest BCUT2D eigenvalue weighted by Gasteiger charge is -2.35. The van der Waals surface area contributed by atoms with Crippen molar-refractivity contribution in [2.45, 2.75) is 19.4 Å². The number of benzene rings is 1. The number of nitrogens with zero attached hydrogens (tertiary/aromatic N) is 1. The number of nitrogens with one attached hydrogen (secondary N) is 2. The second kappa shape index (κ2) is 8.59. The summed E-state index contributed by atoms with van der Waals surface area (Å²) in [6.07, 6.45) is 3.04. The Balaban J connectivity index is 0.00000121. The molecule has 0 unspecified atom stereocenters. The van der Waals surface area contributed by atoms with E-state index in [0.717, 1.165) is 32.6 Å². The van der Waals surface area contributed by atoms with Crippen LogP contribution in [0.4, 0.5) is 0 Å². The molecule has 1 aromatic heterocycles. The average Bonchev–Trinajstić information content (AvgIpc) is 2.93. The number of piperazine rings is 1. The van der Waals surface area contributed by atoms with E-state index < -0.39 is 0 Å². The van der Waals surface area contributed by atoms with Crippen LogP contribution in [0.1, 0.15) is 24.9 Å². The van der Waals surface area contributed by atoms with Gasteiger partial charge in [-0.3, -0.25) is 4.90 Å². The molecular weight excluding hydrogens is 317 g/mol. The summed E-state index contributed by atoms with van der Waals surface area (Å²) in [5.41, 5.74) is 3.87. The van der Waals surface area contributed by atoms with E-state index in [1.807, 2.05) is 6.20 Å². The fraction of sp³-hybridized carbons (Fsp3) is 0.412. The van der Waals surface area contributed by atoms with Crippen molar-refractivity contribution in [2.24, 2.45) is 0 Å². The normalized spacial score (nSPS) is 16.6. The van der Waals surface area contributed by atoms with Gasteiger partial charge in [0.05, 0.1) is 0 Å². The maximum atomic E-state index is 4.12. The van der Waals surface area contributed by atoms with E-state index in [2.05, 4.69) is 53.0 Å². The van der Waals surface area contributed by atoms with Gasteiger partial charge >= 0.3 is 0 Å². The molecule has 0 bridgehead atoms. The van der Waals surface area contributed by atoms with Crippen molar-refractivity contribution in [1.82, 2.24) is 15.2 Å². The van der Waals surface area contributed by atoms with Crippen LogP contribution in [0.3, 0.4) is 0 Å². The third-order valence-corrected chi connectivity index (χ3v) is 4.10. The molecule has 2 heterocycles. The second-order valence-corrected chi connectivity index (χ2v) is 5.79.